The molecule has 2 aliphatic heterocycles. The van der Waals surface area contributed by atoms with Crippen LogP contribution in [-0.2, 0) is 0 Å². The SMILES string of the molecule is C1CSCC2(C1)CCNC2. The van der Waals surface area contributed by atoms with Gasteiger partial charge in [-0.15, -0.1) is 0 Å². The summed E-state index contributed by atoms with van der Waals surface area (Å²) in [6.45, 7) is 2.56. The van der Waals surface area contributed by atoms with Crippen LogP contribution in [-0.4, -0.2) is 24.6 Å². The van der Waals surface area contributed by atoms with Crippen molar-refractivity contribution in [2.75, 3.05) is 24.6 Å². The number of rotatable bonds is 0. The van der Waals surface area contributed by atoms with Crippen LogP contribution in [0.2, 0.25) is 0 Å². The second kappa shape index (κ2) is 2.74. The first-order valence-electron chi connectivity index (χ1n) is 4.20. The van der Waals surface area contributed by atoms with Gasteiger partial charge in [-0.1, -0.05) is 0 Å². The van der Waals surface area contributed by atoms with Crippen molar-refractivity contribution in [3.8, 4) is 0 Å². The molecule has 2 rings (SSSR count). The Morgan fingerprint density at radius 2 is 2.30 bits per heavy atom. The molecule has 1 unspecified atom stereocenters. The van der Waals surface area contributed by atoms with Gasteiger partial charge in [0.05, 0.1) is 0 Å². The minimum Gasteiger partial charge on any atom is -0.316 e. The Morgan fingerprint density at radius 3 is 2.90 bits per heavy atom. The van der Waals surface area contributed by atoms with E-state index in [1.54, 1.807) is 0 Å². The van der Waals surface area contributed by atoms with Crippen LogP contribution in [0.4, 0.5) is 0 Å². The Labute approximate surface area is 67.0 Å². The van der Waals surface area contributed by atoms with Crippen LogP contribution in [0.5, 0.6) is 0 Å². The van der Waals surface area contributed by atoms with Gasteiger partial charge in [-0.25, -0.2) is 0 Å². The van der Waals surface area contributed by atoms with Crippen LogP contribution in [0, 0.1) is 5.41 Å². The van der Waals surface area contributed by atoms with Gasteiger partial charge in [0.25, 0.3) is 0 Å². The second-order valence-electron chi connectivity index (χ2n) is 3.58. The maximum Gasteiger partial charge on any atom is 0.00162 e. The molecular formula is C8H15NS. The van der Waals surface area contributed by atoms with E-state index in [1.165, 1.54) is 43.9 Å². The van der Waals surface area contributed by atoms with Gasteiger partial charge in [-0.05, 0) is 37.0 Å². The van der Waals surface area contributed by atoms with Gasteiger partial charge in [0.1, 0.15) is 0 Å². The minimum absolute atomic E-state index is 0.725. The molecular weight excluding hydrogens is 142 g/mol. The number of nitrogens with one attached hydrogen (secondary N) is 1. The molecule has 0 saturated carbocycles. The van der Waals surface area contributed by atoms with Crippen molar-refractivity contribution in [3.63, 3.8) is 0 Å². The lowest BCUT2D eigenvalue weighted by atomic mass is 9.84. The Hall–Kier alpha value is 0.310. The van der Waals surface area contributed by atoms with E-state index >= 15 is 0 Å². The van der Waals surface area contributed by atoms with Crippen molar-refractivity contribution >= 4 is 11.8 Å². The zero-order valence-corrected chi connectivity index (χ0v) is 7.17. The standard InChI is InChI=1S/C8H15NS/c1-2-8(7-10-5-1)3-4-9-6-8/h9H,1-7H2. The van der Waals surface area contributed by atoms with Gasteiger partial charge >= 0.3 is 0 Å². The maximum atomic E-state index is 3.47. The molecule has 0 aromatic heterocycles. The second-order valence-corrected chi connectivity index (χ2v) is 4.69. The normalized spacial score (nSPS) is 40.8. The molecule has 0 bridgehead atoms. The summed E-state index contributed by atoms with van der Waals surface area (Å²) >= 11 is 2.15. The van der Waals surface area contributed by atoms with E-state index in [0.29, 0.717) is 0 Å². The Morgan fingerprint density at radius 1 is 1.30 bits per heavy atom. The smallest absolute Gasteiger partial charge is 0.00162 e. The van der Waals surface area contributed by atoms with Gasteiger partial charge in [-0.3, -0.25) is 0 Å². The number of hydrogen-bond donors (Lipinski definition) is 1. The summed E-state index contributed by atoms with van der Waals surface area (Å²) in [5.74, 6) is 2.82. The topological polar surface area (TPSA) is 12.0 Å². The summed E-state index contributed by atoms with van der Waals surface area (Å²) in [4.78, 5) is 0. The molecule has 0 amide bonds. The average Bonchev–Trinajstić information content (AvgIpc) is 2.39. The van der Waals surface area contributed by atoms with Crippen molar-refractivity contribution in [2.24, 2.45) is 5.41 Å². The highest BCUT2D eigenvalue weighted by atomic mass is 32.2. The molecule has 0 radical (unpaired) electrons. The third-order valence-electron chi connectivity index (χ3n) is 2.74. The number of thioether (sulfide) groups is 1. The molecule has 0 aliphatic carbocycles. The van der Waals surface area contributed by atoms with Crippen LogP contribution < -0.4 is 5.32 Å². The summed E-state index contributed by atoms with van der Waals surface area (Å²) in [5, 5.41) is 3.47. The van der Waals surface area contributed by atoms with Crippen molar-refractivity contribution < 1.29 is 0 Å². The van der Waals surface area contributed by atoms with Gasteiger partial charge < -0.3 is 5.32 Å². The summed E-state index contributed by atoms with van der Waals surface area (Å²) in [5.41, 5.74) is 0.725. The van der Waals surface area contributed by atoms with Crippen molar-refractivity contribution in [2.45, 2.75) is 19.3 Å². The summed E-state index contributed by atoms with van der Waals surface area (Å²) in [6, 6.07) is 0. The van der Waals surface area contributed by atoms with Crippen molar-refractivity contribution in [1.29, 1.82) is 0 Å². The predicted octanol–water partition coefficient (Wildman–Crippen LogP) is 1.49. The molecule has 0 aromatic carbocycles. The molecule has 1 N–H and O–H groups in total. The van der Waals surface area contributed by atoms with E-state index in [0.717, 1.165) is 5.41 Å². The molecule has 2 saturated heterocycles. The van der Waals surface area contributed by atoms with Gasteiger partial charge in [0, 0.05) is 12.3 Å². The molecule has 1 nitrogen and oxygen atoms in total. The summed E-state index contributed by atoms with van der Waals surface area (Å²) < 4.78 is 0. The van der Waals surface area contributed by atoms with E-state index in [-0.39, 0.29) is 0 Å². The minimum atomic E-state index is 0.725. The number of hydrogen-bond acceptors (Lipinski definition) is 2. The summed E-state index contributed by atoms with van der Waals surface area (Å²) in [7, 11) is 0. The molecule has 2 fully saturated rings. The van der Waals surface area contributed by atoms with Crippen LogP contribution in [0.1, 0.15) is 19.3 Å². The van der Waals surface area contributed by atoms with Gasteiger partial charge in [0.2, 0.25) is 0 Å². The van der Waals surface area contributed by atoms with E-state index in [9.17, 15) is 0 Å². The molecule has 10 heavy (non-hydrogen) atoms. The largest absolute Gasteiger partial charge is 0.316 e. The molecule has 1 spiro atoms. The molecule has 2 heteroatoms. The lowest BCUT2D eigenvalue weighted by molar-refractivity contribution is 0.332. The predicted molar refractivity (Wildman–Crippen MR) is 46.5 cm³/mol. The van der Waals surface area contributed by atoms with E-state index in [2.05, 4.69) is 17.1 Å². The lowest BCUT2D eigenvalue weighted by Crippen LogP contribution is -2.29. The van der Waals surface area contributed by atoms with Crippen LogP contribution in [0.15, 0.2) is 0 Å². The monoisotopic (exact) mass is 157 g/mol. The van der Waals surface area contributed by atoms with Gasteiger partial charge in [0.15, 0.2) is 0 Å². The molecule has 2 heterocycles. The van der Waals surface area contributed by atoms with Gasteiger partial charge in [-0.2, -0.15) is 11.8 Å². The Kier molecular flexibility index (Phi) is 1.92. The molecule has 2 aliphatic rings. The van der Waals surface area contributed by atoms with Crippen LogP contribution >= 0.6 is 11.8 Å². The average molecular weight is 157 g/mol. The lowest BCUT2D eigenvalue weighted by Gasteiger charge is -2.31. The maximum absolute atomic E-state index is 3.47. The first-order chi connectivity index (χ1) is 4.91. The fourth-order valence-electron chi connectivity index (χ4n) is 2.04. The van der Waals surface area contributed by atoms with E-state index in [4.69, 9.17) is 0 Å². The highest BCUT2D eigenvalue weighted by Crippen LogP contribution is 2.38. The summed E-state index contributed by atoms with van der Waals surface area (Å²) in [6.07, 6.45) is 4.36. The van der Waals surface area contributed by atoms with Crippen LogP contribution in [0.3, 0.4) is 0 Å². The van der Waals surface area contributed by atoms with Crippen molar-refractivity contribution in [3.05, 3.63) is 0 Å². The Bertz CT molecular complexity index is 110. The molecule has 1 atom stereocenters. The molecule has 0 aromatic rings. The fraction of sp³-hybridized carbons (Fsp3) is 1.00. The third kappa shape index (κ3) is 1.19. The molecule has 58 valence electrons. The Balaban J connectivity index is 1.98. The van der Waals surface area contributed by atoms with Crippen LogP contribution in [0.25, 0.3) is 0 Å². The fourth-order valence-corrected chi connectivity index (χ4v) is 3.36. The van der Waals surface area contributed by atoms with E-state index in [1.807, 2.05) is 0 Å². The first kappa shape index (κ1) is 6.99. The zero-order chi connectivity index (χ0) is 6.86. The van der Waals surface area contributed by atoms with E-state index < -0.39 is 0 Å². The quantitative estimate of drug-likeness (QED) is 0.572. The third-order valence-corrected chi connectivity index (χ3v) is 4.13. The highest BCUT2D eigenvalue weighted by Gasteiger charge is 2.34. The highest BCUT2D eigenvalue weighted by molar-refractivity contribution is 7.99. The zero-order valence-electron chi connectivity index (χ0n) is 6.36. The van der Waals surface area contributed by atoms with Crippen molar-refractivity contribution in [1.82, 2.24) is 5.32 Å². The first-order valence-corrected chi connectivity index (χ1v) is 5.35.